The molecular weight excluding hydrogens is 122 g/mol. The van der Waals surface area contributed by atoms with E-state index in [0.717, 1.165) is 0 Å². The monoisotopic (exact) mass is 129 g/mol. The smallest absolute Gasteiger partial charge is 0.353 e. The summed E-state index contributed by atoms with van der Waals surface area (Å²) in [7, 11) is 0. The third-order valence-corrected chi connectivity index (χ3v) is 0.705. The number of hydrogen-bond donors (Lipinski definition) is 2. The predicted octanol–water partition coefficient (Wildman–Crippen LogP) is 0.477. The van der Waals surface area contributed by atoms with Crippen molar-refractivity contribution in [3.63, 3.8) is 0 Å². The molecule has 0 heterocycles. The molecule has 0 saturated carbocycles. The lowest BCUT2D eigenvalue weighted by Gasteiger charge is -1.89. The van der Waals surface area contributed by atoms with Gasteiger partial charge in [-0.15, -0.1) is 6.58 Å². The first-order chi connectivity index (χ1) is 4.22. The van der Waals surface area contributed by atoms with Gasteiger partial charge in [0.1, 0.15) is 0 Å². The van der Waals surface area contributed by atoms with E-state index < -0.39 is 5.97 Å². The minimum atomic E-state index is -1.22. The normalized spacial score (nSPS) is 10.9. The van der Waals surface area contributed by atoms with E-state index in [4.69, 9.17) is 10.3 Å². The predicted molar refractivity (Wildman–Crippen MR) is 31.7 cm³/mol. The van der Waals surface area contributed by atoms with E-state index in [-0.39, 0.29) is 12.1 Å². The molecule has 0 aromatic heterocycles. The van der Waals surface area contributed by atoms with E-state index in [1.54, 1.807) is 0 Å². The molecule has 4 nitrogen and oxygen atoms in total. The van der Waals surface area contributed by atoms with Crippen LogP contribution in [-0.2, 0) is 4.79 Å². The largest absolute Gasteiger partial charge is 0.477 e. The fourth-order valence-electron chi connectivity index (χ4n) is 0.308. The van der Waals surface area contributed by atoms with Gasteiger partial charge in [0.25, 0.3) is 0 Å². The molecule has 0 aromatic rings. The van der Waals surface area contributed by atoms with Crippen LogP contribution in [0.4, 0.5) is 0 Å². The van der Waals surface area contributed by atoms with Crippen molar-refractivity contribution in [3.05, 3.63) is 12.7 Å². The van der Waals surface area contributed by atoms with Crippen LogP contribution in [0.5, 0.6) is 0 Å². The van der Waals surface area contributed by atoms with Gasteiger partial charge in [-0.1, -0.05) is 11.2 Å². The summed E-state index contributed by atoms with van der Waals surface area (Å²) in [4.78, 5) is 9.98. The Balaban J connectivity index is 4.00. The molecule has 0 aromatic carbocycles. The van der Waals surface area contributed by atoms with Gasteiger partial charge in [0.05, 0.1) is 0 Å². The Morgan fingerprint density at radius 2 is 2.33 bits per heavy atom. The second kappa shape index (κ2) is 3.65. The summed E-state index contributed by atoms with van der Waals surface area (Å²) < 4.78 is 0. The Morgan fingerprint density at radius 1 is 1.78 bits per heavy atom. The second-order valence-electron chi connectivity index (χ2n) is 1.34. The number of aliphatic carboxylic acids is 1. The van der Waals surface area contributed by atoms with Gasteiger partial charge >= 0.3 is 5.97 Å². The molecule has 50 valence electrons. The molecule has 0 unspecified atom stereocenters. The number of allylic oxidation sites excluding steroid dienone is 1. The standard InChI is InChI=1S/C5H7NO3/c1-2-3-4(6-9)5(7)8/h2,9H,1,3H2,(H,7,8). The number of carboxylic acid groups (broad SMARTS) is 1. The minimum Gasteiger partial charge on any atom is -0.477 e. The highest BCUT2D eigenvalue weighted by atomic mass is 16.4. The van der Waals surface area contributed by atoms with Crippen LogP contribution in [-0.4, -0.2) is 22.0 Å². The van der Waals surface area contributed by atoms with Gasteiger partial charge in [-0.25, -0.2) is 4.79 Å². The molecule has 0 fully saturated rings. The maximum atomic E-state index is 9.98. The topological polar surface area (TPSA) is 69.9 Å². The molecule has 4 heteroatoms. The maximum Gasteiger partial charge on any atom is 0.353 e. The SMILES string of the molecule is C=CCC(=NO)C(=O)O. The number of oxime groups is 1. The molecule has 0 radical (unpaired) electrons. The zero-order valence-electron chi connectivity index (χ0n) is 4.74. The number of carboxylic acids is 1. The van der Waals surface area contributed by atoms with Crippen LogP contribution in [0.2, 0.25) is 0 Å². The lowest BCUT2D eigenvalue weighted by molar-refractivity contribution is -0.129. The highest BCUT2D eigenvalue weighted by molar-refractivity contribution is 6.35. The van der Waals surface area contributed by atoms with Crippen LogP contribution in [0.15, 0.2) is 17.8 Å². The first kappa shape index (κ1) is 7.68. The van der Waals surface area contributed by atoms with E-state index >= 15 is 0 Å². The van der Waals surface area contributed by atoms with Crippen LogP contribution >= 0.6 is 0 Å². The molecule has 0 bridgehead atoms. The van der Waals surface area contributed by atoms with Crippen molar-refractivity contribution in [2.24, 2.45) is 5.16 Å². The molecule has 0 aliphatic heterocycles. The van der Waals surface area contributed by atoms with E-state index in [0.29, 0.717) is 0 Å². The van der Waals surface area contributed by atoms with Crippen molar-refractivity contribution in [2.75, 3.05) is 0 Å². The summed E-state index contributed by atoms with van der Waals surface area (Å²) in [5.41, 5.74) is -0.301. The Kier molecular flexibility index (Phi) is 3.12. The summed E-state index contributed by atoms with van der Waals surface area (Å²) >= 11 is 0. The first-order valence-corrected chi connectivity index (χ1v) is 2.27. The van der Waals surface area contributed by atoms with Crippen LogP contribution in [0.25, 0.3) is 0 Å². The molecule has 0 aliphatic carbocycles. The average Bonchev–Trinajstić information content (AvgIpc) is 1.82. The van der Waals surface area contributed by atoms with Crippen molar-refractivity contribution in [2.45, 2.75) is 6.42 Å². The van der Waals surface area contributed by atoms with Crippen LogP contribution < -0.4 is 0 Å². The molecule has 2 N–H and O–H groups in total. The Labute approximate surface area is 52.1 Å². The van der Waals surface area contributed by atoms with Crippen molar-refractivity contribution in [1.82, 2.24) is 0 Å². The molecule has 0 rings (SSSR count). The fourth-order valence-corrected chi connectivity index (χ4v) is 0.308. The first-order valence-electron chi connectivity index (χ1n) is 2.27. The van der Waals surface area contributed by atoms with Gasteiger partial charge in [-0.3, -0.25) is 0 Å². The van der Waals surface area contributed by atoms with E-state index in [1.807, 2.05) is 0 Å². The number of rotatable bonds is 3. The lowest BCUT2D eigenvalue weighted by atomic mass is 10.3. The molecular formula is C5H7NO3. The quantitative estimate of drug-likeness (QED) is 0.252. The molecule has 0 atom stereocenters. The zero-order chi connectivity index (χ0) is 7.28. The molecule has 0 saturated heterocycles. The number of nitrogens with zero attached hydrogens (tertiary/aromatic N) is 1. The van der Waals surface area contributed by atoms with Gasteiger partial charge in [-0.2, -0.15) is 0 Å². The van der Waals surface area contributed by atoms with Gasteiger partial charge < -0.3 is 10.3 Å². The summed E-state index contributed by atoms with van der Waals surface area (Å²) in [6.45, 7) is 3.28. The van der Waals surface area contributed by atoms with Crippen molar-refractivity contribution in [3.8, 4) is 0 Å². The summed E-state index contributed by atoms with van der Waals surface area (Å²) in [6.07, 6.45) is 1.43. The highest BCUT2D eigenvalue weighted by Crippen LogP contribution is 1.86. The third-order valence-electron chi connectivity index (χ3n) is 0.705. The lowest BCUT2D eigenvalue weighted by Crippen LogP contribution is -2.11. The molecule has 9 heavy (non-hydrogen) atoms. The summed E-state index contributed by atoms with van der Waals surface area (Å²) in [5, 5.41) is 18.7. The van der Waals surface area contributed by atoms with E-state index in [1.165, 1.54) is 6.08 Å². The van der Waals surface area contributed by atoms with Crippen LogP contribution in [0.3, 0.4) is 0 Å². The molecule has 0 spiro atoms. The molecule has 0 aliphatic rings. The average molecular weight is 129 g/mol. The fraction of sp³-hybridized carbons (Fsp3) is 0.200. The van der Waals surface area contributed by atoms with Crippen LogP contribution in [0, 0.1) is 0 Å². The Hall–Kier alpha value is -1.32. The number of hydrogen-bond acceptors (Lipinski definition) is 3. The van der Waals surface area contributed by atoms with E-state index in [9.17, 15) is 4.79 Å². The van der Waals surface area contributed by atoms with E-state index in [2.05, 4.69) is 11.7 Å². The molecule has 0 amide bonds. The van der Waals surface area contributed by atoms with Gasteiger partial charge in [0, 0.05) is 6.42 Å². The maximum absolute atomic E-state index is 9.98. The minimum absolute atomic E-state index is 0.0752. The second-order valence-corrected chi connectivity index (χ2v) is 1.34. The van der Waals surface area contributed by atoms with Gasteiger partial charge in [-0.05, 0) is 0 Å². The van der Waals surface area contributed by atoms with Crippen LogP contribution in [0.1, 0.15) is 6.42 Å². The van der Waals surface area contributed by atoms with Crippen molar-refractivity contribution >= 4 is 11.7 Å². The Morgan fingerprint density at radius 3 is 2.44 bits per heavy atom. The van der Waals surface area contributed by atoms with Crippen molar-refractivity contribution in [1.29, 1.82) is 0 Å². The Bertz CT molecular complexity index is 150. The zero-order valence-corrected chi connectivity index (χ0v) is 4.74. The van der Waals surface area contributed by atoms with Crippen molar-refractivity contribution < 1.29 is 15.1 Å². The number of carbonyl (C=O) groups is 1. The van der Waals surface area contributed by atoms with Gasteiger partial charge in [0.2, 0.25) is 0 Å². The summed E-state index contributed by atoms with van der Waals surface area (Å²) in [5.74, 6) is -1.22. The summed E-state index contributed by atoms with van der Waals surface area (Å²) in [6, 6.07) is 0. The highest BCUT2D eigenvalue weighted by Gasteiger charge is 2.05. The third kappa shape index (κ3) is 2.48. The van der Waals surface area contributed by atoms with Gasteiger partial charge in [0.15, 0.2) is 5.71 Å².